The predicted molar refractivity (Wildman–Crippen MR) is 96.1 cm³/mol. The summed E-state index contributed by atoms with van der Waals surface area (Å²) in [5.41, 5.74) is 1.82. The van der Waals surface area contributed by atoms with Crippen molar-refractivity contribution in [1.29, 1.82) is 0 Å². The molecule has 0 spiro atoms. The summed E-state index contributed by atoms with van der Waals surface area (Å²) in [4.78, 5) is 12.1. The molecule has 2 aromatic heterocycles. The van der Waals surface area contributed by atoms with Gasteiger partial charge in [-0.1, -0.05) is 12.1 Å². The molecular formula is C20H18F3N3O. The number of aromatic nitrogens is 3. The molecular weight excluding hydrogens is 355 g/mol. The molecule has 1 aromatic carbocycles. The van der Waals surface area contributed by atoms with Gasteiger partial charge in [-0.25, -0.2) is 0 Å². The molecule has 0 aliphatic heterocycles. The van der Waals surface area contributed by atoms with Crippen LogP contribution in [0, 0.1) is 5.92 Å². The van der Waals surface area contributed by atoms with Crippen LogP contribution in [0.3, 0.4) is 0 Å². The highest BCUT2D eigenvalue weighted by Gasteiger charge is 2.30. The molecule has 140 valence electrons. The highest BCUT2D eigenvalue weighted by Crippen LogP contribution is 2.35. The van der Waals surface area contributed by atoms with E-state index in [1.807, 2.05) is 10.9 Å². The molecule has 1 fully saturated rings. The maximum atomic E-state index is 12.8. The smallest absolute Gasteiger partial charge is 0.318 e. The van der Waals surface area contributed by atoms with Crippen molar-refractivity contribution >= 4 is 0 Å². The second kappa shape index (κ2) is 6.40. The van der Waals surface area contributed by atoms with E-state index < -0.39 is 11.7 Å². The minimum Gasteiger partial charge on any atom is -0.318 e. The van der Waals surface area contributed by atoms with Crippen LogP contribution in [0.25, 0.3) is 22.3 Å². The number of benzene rings is 1. The maximum absolute atomic E-state index is 12.8. The van der Waals surface area contributed by atoms with Crippen molar-refractivity contribution in [2.45, 2.75) is 25.6 Å². The molecule has 0 radical (unpaired) electrons. The Balaban J connectivity index is 1.77. The number of rotatable bonds is 4. The Morgan fingerprint density at radius 3 is 2.41 bits per heavy atom. The van der Waals surface area contributed by atoms with E-state index >= 15 is 0 Å². The van der Waals surface area contributed by atoms with E-state index in [9.17, 15) is 18.0 Å². The van der Waals surface area contributed by atoms with Gasteiger partial charge in [-0.15, -0.1) is 0 Å². The first-order valence-corrected chi connectivity index (χ1v) is 8.72. The zero-order chi connectivity index (χ0) is 19.2. The summed E-state index contributed by atoms with van der Waals surface area (Å²) in [6, 6.07) is 6.32. The minimum atomic E-state index is -4.39. The van der Waals surface area contributed by atoms with Crippen LogP contribution in [-0.4, -0.2) is 14.3 Å². The molecule has 0 bridgehead atoms. The Kier molecular flexibility index (Phi) is 4.17. The van der Waals surface area contributed by atoms with Crippen LogP contribution < -0.4 is 5.56 Å². The summed E-state index contributed by atoms with van der Waals surface area (Å²) in [5, 5.41) is 4.39. The molecule has 1 aliphatic carbocycles. The first-order valence-electron chi connectivity index (χ1n) is 8.72. The summed E-state index contributed by atoms with van der Waals surface area (Å²) in [6.45, 7) is 0.862. The van der Waals surface area contributed by atoms with Crippen molar-refractivity contribution in [3.8, 4) is 22.3 Å². The van der Waals surface area contributed by atoms with E-state index in [1.54, 1.807) is 19.4 Å². The third-order valence-corrected chi connectivity index (χ3v) is 4.84. The van der Waals surface area contributed by atoms with Crippen LogP contribution in [0.1, 0.15) is 18.4 Å². The van der Waals surface area contributed by atoms with Crippen LogP contribution in [0.2, 0.25) is 0 Å². The summed E-state index contributed by atoms with van der Waals surface area (Å²) in [7, 11) is 1.65. The lowest BCUT2D eigenvalue weighted by Gasteiger charge is -2.12. The Hall–Kier alpha value is -2.83. The summed E-state index contributed by atoms with van der Waals surface area (Å²) in [5.74, 6) is 0.673. The number of halogens is 3. The number of aryl methyl sites for hydroxylation is 1. The highest BCUT2D eigenvalue weighted by molar-refractivity contribution is 5.82. The van der Waals surface area contributed by atoms with Gasteiger partial charge >= 0.3 is 6.18 Å². The van der Waals surface area contributed by atoms with Gasteiger partial charge in [0, 0.05) is 43.2 Å². The fourth-order valence-corrected chi connectivity index (χ4v) is 3.10. The fraction of sp³-hybridized carbons (Fsp3) is 0.300. The summed E-state index contributed by atoms with van der Waals surface area (Å²) in [6.07, 6.45) is 3.39. The minimum absolute atomic E-state index is 0.223. The van der Waals surface area contributed by atoms with Gasteiger partial charge in [0.1, 0.15) is 0 Å². The quantitative estimate of drug-likeness (QED) is 0.682. The summed E-state index contributed by atoms with van der Waals surface area (Å²) >= 11 is 0. The van der Waals surface area contributed by atoms with Crippen LogP contribution >= 0.6 is 0 Å². The van der Waals surface area contributed by atoms with Crippen LogP contribution in [0.15, 0.2) is 53.7 Å². The van der Waals surface area contributed by atoms with Crippen molar-refractivity contribution in [3.63, 3.8) is 0 Å². The average Bonchev–Trinajstić information content (AvgIpc) is 3.31. The van der Waals surface area contributed by atoms with Crippen LogP contribution in [-0.2, 0) is 19.8 Å². The van der Waals surface area contributed by atoms with E-state index in [0.717, 1.165) is 29.8 Å². The van der Waals surface area contributed by atoms with E-state index in [1.165, 1.54) is 35.6 Å². The lowest BCUT2D eigenvalue weighted by molar-refractivity contribution is -0.137. The monoisotopic (exact) mass is 373 g/mol. The predicted octanol–water partition coefficient (Wildman–Crippen LogP) is 4.34. The second-order valence-corrected chi connectivity index (χ2v) is 7.02. The normalized spacial score (nSPS) is 14.5. The highest BCUT2D eigenvalue weighted by atomic mass is 19.4. The standard InChI is InChI=1S/C20H18F3N3O/c1-25-12-18(15-9-24-26(11-15)10-13-2-3-13)17(8-19(25)27)14-4-6-16(7-5-14)20(21,22)23/h4-9,11-13H,2-3,10H2,1H3. The fourth-order valence-electron chi connectivity index (χ4n) is 3.10. The van der Waals surface area contributed by atoms with Gasteiger partial charge in [0.15, 0.2) is 0 Å². The molecule has 7 heteroatoms. The van der Waals surface area contributed by atoms with Crippen molar-refractivity contribution in [1.82, 2.24) is 14.3 Å². The molecule has 3 aromatic rings. The molecule has 27 heavy (non-hydrogen) atoms. The molecule has 0 N–H and O–H groups in total. The van der Waals surface area contributed by atoms with Crippen LogP contribution in [0.5, 0.6) is 0 Å². The van der Waals surface area contributed by atoms with Crippen molar-refractivity contribution in [2.75, 3.05) is 0 Å². The lowest BCUT2D eigenvalue weighted by atomic mass is 9.97. The van der Waals surface area contributed by atoms with Gasteiger partial charge in [0.25, 0.3) is 5.56 Å². The lowest BCUT2D eigenvalue weighted by Crippen LogP contribution is -2.15. The average molecular weight is 373 g/mol. The van der Waals surface area contributed by atoms with E-state index in [2.05, 4.69) is 5.10 Å². The van der Waals surface area contributed by atoms with E-state index in [4.69, 9.17) is 0 Å². The molecule has 0 atom stereocenters. The first-order chi connectivity index (χ1) is 12.8. The van der Waals surface area contributed by atoms with Crippen LogP contribution in [0.4, 0.5) is 13.2 Å². The molecule has 0 unspecified atom stereocenters. The van der Waals surface area contributed by atoms with Gasteiger partial charge in [0.2, 0.25) is 0 Å². The molecule has 4 nitrogen and oxygen atoms in total. The molecule has 0 saturated heterocycles. The molecule has 1 saturated carbocycles. The topological polar surface area (TPSA) is 39.8 Å². The molecule has 1 aliphatic rings. The Morgan fingerprint density at radius 1 is 1.07 bits per heavy atom. The van der Waals surface area contributed by atoms with Crippen molar-refractivity contribution < 1.29 is 13.2 Å². The van der Waals surface area contributed by atoms with Crippen molar-refractivity contribution in [3.05, 3.63) is 64.8 Å². The van der Waals surface area contributed by atoms with Gasteiger partial charge in [-0.3, -0.25) is 9.48 Å². The Morgan fingerprint density at radius 2 is 1.78 bits per heavy atom. The third kappa shape index (κ3) is 3.67. The Labute approximate surface area is 153 Å². The van der Waals surface area contributed by atoms with Crippen molar-refractivity contribution in [2.24, 2.45) is 13.0 Å². The zero-order valence-electron chi connectivity index (χ0n) is 14.7. The number of nitrogens with zero attached hydrogens (tertiary/aromatic N) is 3. The van der Waals surface area contributed by atoms with E-state index in [-0.39, 0.29) is 5.56 Å². The van der Waals surface area contributed by atoms with Gasteiger partial charge in [0.05, 0.1) is 11.8 Å². The third-order valence-electron chi connectivity index (χ3n) is 4.84. The zero-order valence-corrected chi connectivity index (χ0v) is 14.7. The summed E-state index contributed by atoms with van der Waals surface area (Å²) < 4.78 is 41.8. The van der Waals surface area contributed by atoms with E-state index in [0.29, 0.717) is 17.0 Å². The SMILES string of the molecule is Cn1cc(-c2cnn(CC3CC3)c2)c(-c2ccc(C(F)(F)F)cc2)cc1=O. The number of hydrogen-bond donors (Lipinski definition) is 0. The van der Waals surface area contributed by atoms with Gasteiger partial charge < -0.3 is 4.57 Å². The molecule has 2 heterocycles. The number of hydrogen-bond acceptors (Lipinski definition) is 2. The van der Waals surface area contributed by atoms with Gasteiger partial charge in [-0.05, 0) is 42.0 Å². The Bertz CT molecular complexity index is 1030. The number of alkyl halides is 3. The second-order valence-electron chi connectivity index (χ2n) is 7.02. The largest absolute Gasteiger partial charge is 0.416 e. The molecule has 4 rings (SSSR count). The first kappa shape index (κ1) is 17.6. The maximum Gasteiger partial charge on any atom is 0.416 e. The molecule has 0 amide bonds. The number of pyridine rings is 1. The van der Waals surface area contributed by atoms with Gasteiger partial charge in [-0.2, -0.15) is 18.3 Å².